The molecule has 8 heteroatoms. The van der Waals surface area contributed by atoms with Crippen molar-refractivity contribution in [1.29, 1.82) is 0 Å². The lowest BCUT2D eigenvalue weighted by atomic mass is 10.0. The predicted octanol–water partition coefficient (Wildman–Crippen LogP) is 4.03. The SMILES string of the molecule is COC(=O)c1ccc(NC(=O)[C@H](Cc2c[nH]c3ccccc23)NC(=O)OC(C)(C)C)cc1. The summed E-state index contributed by atoms with van der Waals surface area (Å²) in [5, 5.41) is 6.43. The third-order valence-corrected chi connectivity index (χ3v) is 4.68. The molecule has 0 saturated carbocycles. The highest BCUT2D eigenvalue weighted by molar-refractivity contribution is 5.98. The fourth-order valence-electron chi connectivity index (χ4n) is 3.22. The van der Waals surface area contributed by atoms with Crippen LogP contribution in [0.1, 0.15) is 36.7 Å². The number of benzene rings is 2. The van der Waals surface area contributed by atoms with Gasteiger partial charge in [-0.25, -0.2) is 9.59 Å². The van der Waals surface area contributed by atoms with Gasteiger partial charge >= 0.3 is 12.1 Å². The van der Waals surface area contributed by atoms with Crippen LogP contribution in [0.3, 0.4) is 0 Å². The summed E-state index contributed by atoms with van der Waals surface area (Å²) in [7, 11) is 1.30. The van der Waals surface area contributed by atoms with Crippen LogP contribution in [-0.2, 0) is 20.7 Å². The molecule has 0 bridgehead atoms. The molecule has 8 nitrogen and oxygen atoms in total. The Bertz CT molecular complexity index is 1110. The highest BCUT2D eigenvalue weighted by Crippen LogP contribution is 2.20. The summed E-state index contributed by atoms with van der Waals surface area (Å²) in [4.78, 5) is 40.2. The number of aromatic nitrogens is 1. The van der Waals surface area contributed by atoms with Gasteiger partial charge < -0.3 is 25.1 Å². The number of nitrogens with one attached hydrogen (secondary N) is 3. The summed E-state index contributed by atoms with van der Waals surface area (Å²) in [5.41, 5.74) is 1.98. The zero-order valence-corrected chi connectivity index (χ0v) is 18.5. The molecule has 168 valence electrons. The van der Waals surface area contributed by atoms with Gasteiger partial charge in [0.1, 0.15) is 11.6 Å². The number of rotatable bonds is 6. The first-order chi connectivity index (χ1) is 15.2. The Morgan fingerprint density at radius 2 is 1.72 bits per heavy atom. The number of hydrogen-bond donors (Lipinski definition) is 3. The Morgan fingerprint density at radius 3 is 2.38 bits per heavy atom. The molecule has 0 aliphatic rings. The smallest absolute Gasteiger partial charge is 0.408 e. The van der Waals surface area contributed by atoms with Crippen LogP contribution in [0.15, 0.2) is 54.7 Å². The molecule has 0 radical (unpaired) electrons. The van der Waals surface area contributed by atoms with E-state index in [9.17, 15) is 14.4 Å². The summed E-state index contributed by atoms with van der Waals surface area (Å²) in [5.74, 6) is -0.876. The molecule has 0 fully saturated rings. The van der Waals surface area contributed by atoms with E-state index in [-0.39, 0.29) is 6.42 Å². The fraction of sp³-hybridized carbons (Fsp3) is 0.292. The lowest BCUT2D eigenvalue weighted by Gasteiger charge is -2.23. The fourth-order valence-corrected chi connectivity index (χ4v) is 3.22. The van der Waals surface area contributed by atoms with Crippen LogP contribution in [0.25, 0.3) is 10.9 Å². The molecule has 0 spiro atoms. The number of methoxy groups -OCH3 is 1. The molecular weight excluding hydrogens is 410 g/mol. The van der Waals surface area contributed by atoms with Crippen LogP contribution in [-0.4, -0.2) is 41.7 Å². The van der Waals surface area contributed by atoms with E-state index in [1.54, 1.807) is 45.0 Å². The number of ether oxygens (including phenoxy) is 2. The zero-order valence-electron chi connectivity index (χ0n) is 18.5. The van der Waals surface area contributed by atoms with Gasteiger partial charge in [-0.05, 0) is 56.7 Å². The number of alkyl carbamates (subject to hydrolysis) is 1. The number of carbonyl (C=O) groups is 3. The Labute approximate surface area is 186 Å². The van der Waals surface area contributed by atoms with Gasteiger partial charge in [0.2, 0.25) is 5.91 Å². The van der Waals surface area contributed by atoms with Crippen molar-refractivity contribution >= 4 is 34.6 Å². The van der Waals surface area contributed by atoms with Crippen molar-refractivity contribution in [2.24, 2.45) is 0 Å². The van der Waals surface area contributed by atoms with Crippen molar-refractivity contribution in [3.8, 4) is 0 Å². The first-order valence-electron chi connectivity index (χ1n) is 10.2. The van der Waals surface area contributed by atoms with E-state index in [4.69, 9.17) is 4.74 Å². The van der Waals surface area contributed by atoms with Crippen molar-refractivity contribution in [1.82, 2.24) is 10.3 Å². The van der Waals surface area contributed by atoms with E-state index in [0.29, 0.717) is 11.3 Å². The van der Waals surface area contributed by atoms with Crippen LogP contribution in [0.2, 0.25) is 0 Å². The Hall–Kier alpha value is -3.81. The number of fused-ring (bicyclic) bond motifs is 1. The predicted molar refractivity (Wildman–Crippen MR) is 122 cm³/mol. The van der Waals surface area contributed by atoms with Gasteiger partial charge in [-0.1, -0.05) is 18.2 Å². The number of carbonyl (C=O) groups excluding carboxylic acids is 3. The number of esters is 1. The van der Waals surface area contributed by atoms with Crippen molar-refractivity contribution in [2.75, 3.05) is 12.4 Å². The van der Waals surface area contributed by atoms with E-state index in [2.05, 4.69) is 20.4 Å². The van der Waals surface area contributed by atoms with Crippen molar-refractivity contribution in [3.63, 3.8) is 0 Å². The molecule has 2 amide bonds. The maximum Gasteiger partial charge on any atom is 0.408 e. The summed E-state index contributed by atoms with van der Waals surface area (Å²) >= 11 is 0. The average molecular weight is 437 g/mol. The first kappa shape index (κ1) is 22.9. The molecule has 0 aliphatic heterocycles. The molecule has 1 atom stereocenters. The van der Waals surface area contributed by atoms with E-state index >= 15 is 0 Å². The van der Waals surface area contributed by atoms with Gasteiger partial charge in [-0.3, -0.25) is 4.79 Å². The third kappa shape index (κ3) is 5.87. The highest BCUT2D eigenvalue weighted by atomic mass is 16.6. The quantitative estimate of drug-likeness (QED) is 0.505. The first-order valence-corrected chi connectivity index (χ1v) is 10.2. The van der Waals surface area contributed by atoms with Crippen LogP contribution >= 0.6 is 0 Å². The lowest BCUT2D eigenvalue weighted by molar-refractivity contribution is -0.118. The number of amides is 2. The minimum Gasteiger partial charge on any atom is -0.465 e. The largest absolute Gasteiger partial charge is 0.465 e. The standard InChI is InChI=1S/C24H27N3O5/c1-24(2,3)32-23(30)27-20(13-16-14-25-19-8-6-5-7-18(16)19)21(28)26-17-11-9-15(10-12-17)22(29)31-4/h5-12,14,20,25H,13H2,1-4H3,(H,26,28)(H,27,30)/t20-/m0/s1. The van der Waals surface area contributed by atoms with Crippen molar-refractivity contribution < 1.29 is 23.9 Å². The highest BCUT2D eigenvalue weighted by Gasteiger charge is 2.26. The van der Waals surface area contributed by atoms with Crippen LogP contribution in [0.5, 0.6) is 0 Å². The van der Waals surface area contributed by atoms with Crippen molar-refractivity contribution in [2.45, 2.75) is 38.8 Å². The number of hydrogen-bond acceptors (Lipinski definition) is 5. The topological polar surface area (TPSA) is 110 Å². The number of para-hydroxylation sites is 1. The summed E-state index contributed by atoms with van der Waals surface area (Å²) in [6, 6.07) is 13.1. The lowest BCUT2D eigenvalue weighted by Crippen LogP contribution is -2.47. The molecule has 1 heterocycles. The van der Waals surface area contributed by atoms with E-state index in [1.165, 1.54) is 7.11 Å². The molecule has 3 rings (SSSR count). The van der Waals surface area contributed by atoms with Gasteiger partial charge in [0, 0.05) is 29.2 Å². The second kappa shape index (κ2) is 9.55. The van der Waals surface area contributed by atoms with E-state index in [0.717, 1.165) is 16.5 Å². The molecule has 32 heavy (non-hydrogen) atoms. The number of anilines is 1. The van der Waals surface area contributed by atoms with Crippen LogP contribution in [0.4, 0.5) is 10.5 Å². The minimum atomic E-state index is -0.885. The second-order valence-corrected chi connectivity index (χ2v) is 8.32. The maximum atomic E-state index is 13.1. The monoisotopic (exact) mass is 437 g/mol. The van der Waals surface area contributed by atoms with E-state index in [1.807, 2.05) is 30.5 Å². The van der Waals surface area contributed by atoms with Crippen molar-refractivity contribution in [3.05, 3.63) is 65.9 Å². The molecule has 2 aromatic carbocycles. The number of aromatic amines is 1. The molecule has 3 N–H and O–H groups in total. The molecule has 3 aromatic rings. The van der Waals surface area contributed by atoms with Gasteiger partial charge in [0.25, 0.3) is 0 Å². The Morgan fingerprint density at radius 1 is 1.03 bits per heavy atom. The molecule has 0 unspecified atom stereocenters. The molecule has 0 saturated heterocycles. The molecule has 0 aliphatic carbocycles. The summed E-state index contributed by atoms with van der Waals surface area (Å²) < 4.78 is 10.0. The van der Waals surface area contributed by atoms with Crippen LogP contribution < -0.4 is 10.6 Å². The van der Waals surface area contributed by atoms with Gasteiger partial charge in [0.15, 0.2) is 0 Å². The average Bonchev–Trinajstić information content (AvgIpc) is 3.15. The normalized spacial score (nSPS) is 12.1. The Kier molecular flexibility index (Phi) is 6.82. The number of H-pyrrole nitrogens is 1. The Balaban J connectivity index is 1.79. The zero-order chi connectivity index (χ0) is 23.3. The minimum absolute atomic E-state index is 0.259. The van der Waals surface area contributed by atoms with Gasteiger partial charge in [-0.2, -0.15) is 0 Å². The van der Waals surface area contributed by atoms with Crippen LogP contribution in [0, 0.1) is 0 Å². The molecule has 1 aromatic heterocycles. The van der Waals surface area contributed by atoms with Gasteiger partial charge in [0.05, 0.1) is 12.7 Å². The van der Waals surface area contributed by atoms with Gasteiger partial charge in [-0.15, -0.1) is 0 Å². The third-order valence-electron chi connectivity index (χ3n) is 4.68. The summed E-state index contributed by atoms with van der Waals surface area (Å²) in [6.07, 6.45) is 1.40. The molecular formula is C24H27N3O5. The van der Waals surface area contributed by atoms with E-state index < -0.39 is 29.6 Å². The second-order valence-electron chi connectivity index (χ2n) is 8.32. The maximum absolute atomic E-state index is 13.1. The summed E-state index contributed by atoms with van der Waals surface area (Å²) in [6.45, 7) is 5.26.